The van der Waals surface area contributed by atoms with Crippen LogP contribution in [0.4, 0.5) is 26.7 Å². The molecule has 3 N–H and O–H groups in total. The van der Waals surface area contributed by atoms with Crippen LogP contribution in [0.5, 0.6) is 0 Å². The lowest BCUT2D eigenvalue weighted by atomic mass is 9.98. The zero-order valence-corrected chi connectivity index (χ0v) is 18.1. The number of ether oxygens (including phenoxy) is 1. The molecule has 0 spiro atoms. The Balaban J connectivity index is 1.56. The van der Waals surface area contributed by atoms with Crippen LogP contribution >= 0.6 is 0 Å². The van der Waals surface area contributed by atoms with E-state index in [0.717, 1.165) is 27.6 Å². The Bertz CT molecular complexity index is 1060. The summed E-state index contributed by atoms with van der Waals surface area (Å²) in [5, 5.41) is 11.3. The number of benzene rings is 2. The first-order chi connectivity index (χ1) is 16.4. The van der Waals surface area contributed by atoms with Gasteiger partial charge in [0.25, 0.3) is 5.91 Å². The molecule has 0 aromatic heterocycles. The number of hydrogen-bond acceptors (Lipinski definition) is 4. The summed E-state index contributed by atoms with van der Waals surface area (Å²) in [5.74, 6) is -8.64. The molecule has 1 aliphatic carbocycles. The number of hydrogen-bond donors (Lipinski definition) is 3. The molecule has 2 amide bonds. The Morgan fingerprint density at radius 3 is 2.00 bits per heavy atom. The van der Waals surface area contributed by atoms with Gasteiger partial charge in [0, 0.05) is 12.3 Å². The summed E-state index contributed by atoms with van der Waals surface area (Å²) in [4.78, 5) is 34.2. The van der Waals surface area contributed by atoms with Crippen LogP contribution in [0.2, 0.25) is 0 Å². The van der Waals surface area contributed by atoms with Gasteiger partial charge in [-0.05, 0) is 28.7 Å². The zero-order chi connectivity index (χ0) is 25.8. The van der Waals surface area contributed by atoms with Crippen molar-refractivity contribution in [2.24, 2.45) is 0 Å². The van der Waals surface area contributed by atoms with Crippen molar-refractivity contribution in [1.29, 1.82) is 0 Å². The zero-order valence-electron chi connectivity index (χ0n) is 18.1. The molecule has 0 saturated heterocycles. The number of fused-ring (bicyclic) bond motifs is 3. The molecule has 188 valence electrons. The van der Waals surface area contributed by atoms with Crippen molar-refractivity contribution < 1.29 is 46.2 Å². The number of carboxylic acids is 1. The van der Waals surface area contributed by atoms with Gasteiger partial charge in [-0.3, -0.25) is 9.59 Å². The number of halogens is 5. The molecule has 3 rings (SSSR count). The number of carboxylic acid groups (broad SMARTS) is 1. The van der Waals surface area contributed by atoms with E-state index in [4.69, 9.17) is 9.84 Å². The van der Waals surface area contributed by atoms with E-state index >= 15 is 0 Å². The quantitative estimate of drug-likeness (QED) is 0.451. The first kappa shape index (κ1) is 25.9. The van der Waals surface area contributed by atoms with Crippen LogP contribution in [0.25, 0.3) is 11.1 Å². The topological polar surface area (TPSA) is 105 Å². The predicted molar refractivity (Wildman–Crippen MR) is 113 cm³/mol. The molecule has 0 unspecified atom stereocenters. The van der Waals surface area contributed by atoms with Crippen LogP contribution in [-0.2, 0) is 14.3 Å². The normalized spacial score (nSPS) is 14.0. The second-order valence-corrected chi connectivity index (χ2v) is 7.88. The standard InChI is InChI=1S/C23H21F5N2O5/c24-22(25,20(33)30-18(23(26,27)28)9-10-19(31)32)12-29-21(34)35-11-17-15-7-3-1-5-13(15)14-6-2-4-8-16(14)17/h1-8,17-18H,9-12H2,(H,29,34)(H,30,33)(H,31,32)/t18-/m0/s1. The van der Waals surface area contributed by atoms with Crippen molar-refractivity contribution in [3.05, 3.63) is 59.7 Å². The van der Waals surface area contributed by atoms with Gasteiger partial charge in [-0.1, -0.05) is 48.5 Å². The second-order valence-electron chi connectivity index (χ2n) is 7.88. The molecule has 0 radical (unpaired) electrons. The predicted octanol–water partition coefficient (Wildman–Crippen LogP) is 4.07. The molecule has 0 saturated carbocycles. The summed E-state index contributed by atoms with van der Waals surface area (Å²) in [6, 6.07) is 12.0. The summed E-state index contributed by atoms with van der Waals surface area (Å²) < 4.78 is 72.1. The molecular weight excluding hydrogens is 479 g/mol. The number of alkyl carbamates (subject to hydrolysis) is 1. The fourth-order valence-corrected chi connectivity index (χ4v) is 3.76. The maximum Gasteiger partial charge on any atom is 0.408 e. The maximum atomic E-state index is 14.1. The molecule has 7 nitrogen and oxygen atoms in total. The van der Waals surface area contributed by atoms with Gasteiger partial charge in [-0.25, -0.2) is 4.79 Å². The fourth-order valence-electron chi connectivity index (χ4n) is 3.76. The van der Waals surface area contributed by atoms with Crippen LogP contribution in [0.3, 0.4) is 0 Å². The molecule has 35 heavy (non-hydrogen) atoms. The van der Waals surface area contributed by atoms with Crippen molar-refractivity contribution >= 4 is 18.0 Å². The van der Waals surface area contributed by atoms with Gasteiger partial charge >= 0.3 is 24.2 Å². The third-order valence-electron chi connectivity index (χ3n) is 5.48. The minimum atomic E-state index is -5.14. The van der Waals surface area contributed by atoms with E-state index < -0.39 is 55.5 Å². The van der Waals surface area contributed by atoms with Gasteiger partial charge in [0.1, 0.15) is 12.6 Å². The monoisotopic (exact) mass is 500 g/mol. The van der Waals surface area contributed by atoms with E-state index in [1.54, 1.807) is 5.32 Å². The van der Waals surface area contributed by atoms with E-state index in [1.807, 2.05) is 48.5 Å². The summed E-state index contributed by atoms with van der Waals surface area (Å²) in [6.45, 7) is -1.80. The Morgan fingerprint density at radius 2 is 1.49 bits per heavy atom. The van der Waals surface area contributed by atoms with Gasteiger partial charge < -0.3 is 20.5 Å². The van der Waals surface area contributed by atoms with Crippen molar-refractivity contribution in [1.82, 2.24) is 10.6 Å². The second kappa shape index (κ2) is 10.3. The molecule has 1 aliphatic rings. The van der Waals surface area contributed by atoms with Crippen LogP contribution in [0.1, 0.15) is 29.9 Å². The number of nitrogens with one attached hydrogen (secondary N) is 2. The highest BCUT2D eigenvalue weighted by Crippen LogP contribution is 2.44. The van der Waals surface area contributed by atoms with Crippen molar-refractivity contribution in [2.75, 3.05) is 13.2 Å². The fraction of sp³-hybridized carbons (Fsp3) is 0.348. The highest BCUT2D eigenvalue weighted by Gasteiger charge is 2.46. The largest absolute Gasteiger partial charge is 0.481 e. The Labute approximate surface area is 196 Å². The van der Waals surface area contributed by atoms with E-state index in [1.165, 1.54) is 0 Å². The number of alkyl halides is 5. The van der Waals surface area contributed by atoms with Gasteiger partial charge in [-0.15, -0.1) is 0 Å². The molecule has 0 aliphatic heterocycles. The first-order valence-electron chi connectivity index (χ1n) is 10.5. The number of carbonyl (C=O) groups excluding carboxylic acids is 2. The van der Waals surface area contributed by atoms with Gasteiger partial charge in [0.05, 0.1) is 6.54 Å². The lowest BCUT2D eigenvalue weighted by Gasteiger charge is -2.24. The van der Waals surface area contributed by atoms with E-state index in [2.05, 4.69) is 0 Å². The summed E-state index contributed by atoms with van der Waals surface area (Å²) in [6.07, 6.45) is -8.53. The van der Waals surface area contributed by atoms with E-state index in [9.17, 15) is 36.3 Å². The average molecular weight is 500 g/mol. The summed E-state index contributed by atoms with van der Waals surface area (Å²) in [5.41, 5.74) is 3.65. The number of rotatable bonds is 9. The van der Waals surface area contributed by atoms with E-state index in [0.29, 0.717) is 0 Å². The molecule has 2 aromatic rings. The summed E-state index contributed by atoms with van der Waals surface area (Å²) >= 11 is 0. The van der Waals surface area contributed by atoms with Gasteiger partial charge in [0.2, 0.25) is 0 Å². The third kappa shape index (κ3) is 6.25. The lowest BCUT2D eigenvalue weighted by molar-refractivity contribution is -0.172. The van der Waals surface area contributed by atoms with Crippen molar-refractivity contribution in [3.63, 3.8) is 0 Å². The highest BCUT2D eigenvalue weighted by atomic mass is 19.4. The molecule has 0 fully saturated rings. The third-order valence-corrected chi connectivity index (χ3v) is 5.48. The average Bonchev–Trinajstić information content (AvgIpc) is 3.11. The minimum Gasteiger partial charge on any atom is -0.481 e. The van der Waals surface area contributed by atoms with Crippen LogP contribution < -0.4 is 10.6 Å². The molecule has 1 atom stereocenters. The SMILES string of the molecule is O=C(O)CC[C@H](NC(=O)C(F)(F)CNC(=O)OCC1c2ccccc2-c2ccccc21)C(F)(F)F. The Morgan fingerprint density at radius 1 is 0.943 bits per heavy atom. The summed E-state index contributed by atoms with van der Waals surface area (Å²) in [7, 11) is 0. The van der Waals surface area contributed by atoms with Crippen molar-refractivity contribution in [2.45, 2.75) is 36.9 Å². The van der Waals surface area contributed by atoms with Gasteiger partial charge in [-0.2, -0.15) is 22.0 Å². The van der Waals surface area contributed by atoms with Crippen LogP contribution in [0, 0.1) is 0 Å². The number of carbonyl (C=O) groups is 3. The maximum absolute atomic E-state index is 14.1. The lowest BCUT2D eigenvalue weighted by Crippen LogP contribution is -2.54. The molecular formula is C23H21F5N2O5. The first-order valence-corrected chi connectivity index (χ1v) is 10.5. The minimum absolute atomic E-state index is 0.192. The number of amides is 2. The highest BCUT2D eigenvalue weighted by molar-refractivity contribution is 5.85. The Kier molecular flexibility index (Phi) is 7.61. The molecule has 2 aromatic carbocycles. The molecule has 0 heterocycles. The molecule has 0 bridgehead atoms. The van der Waals surface area contributed by atoms with Gasteiger partial charge in [0.15, 0.2) is 0 Å². The Hall–Kier alpha value is -3.70. The van der Waals surface area contributed by atoms with Crippen molar-refractivity contribution in [3.8, 4) is 11.1 Å². The number of aliphatic carboxylic acids is 1. The van der Waals surface area contributed by atoms with Crippen LogP contribution in [0.15, 0.2) is 48.5 Å². The van der Waals surface area contributed by atoms with E-state index in [-0.39, 0.29) is 12.5 Å². The smallest absolute Gasteiger partial charge is 0.408 e. The van der Waals surface area contributed by atoms with Crippen LogP contribution in [-0.4, -0.2) is 54.4 Å². The molecule has 12 heteroatoms.